The van der Waals surface area contributed by atoms with Crippen molar-refractivity contribution >= 4 is 39.9 Å². The number of nitrogens with zero attached hydrogens (tertiary/aromatic N) is 4. The van der Waals surface area contributed by atoms with Gasteiger partial charge in [-0.3, -0.25) is 24.6 Å². The molecule has 0 unspecified atom stereocenters. The molecule has 1 N–H and O–H groups in total. The van der Waals surface area contributed by atoms with Crippen LogP contribution in [-0.2, 0) is 20.9 Å². The third kappa shape index (κ3) is 2.52. The Balaban J connectivity index is 1.74. The number of anilines is 2. The minimum atomic E-state index is -1.42. The van der Waals surface area contributed by atoms with E-state index in [1.54, 1.807) is 38.4 Å². The number of nitrogens with one attached hydrogen (secondary N) is 1. The predicted octanol–water partition coefficient (Wildman–Crippen LogP) is 1.23. The number of benzene rings is 1. The molecule has 9 nitrogen and oxygen atoms in total. The number of rotatable bonds is 4. The number of carbonyl (C=O) groups is 3. The summed E-state index contributed by atoms with van der Waals surface area (Å²) in [4.78, 5) is 41.5. The number of likely N-dealkylation sites (N-methyl/N-ethyl adjacent to an activating group) is 1. The molecule has 4 rings (SSSR count). The first-order chi connectivity index (χ1) is 13.0. The van der Waals surface area contributed by atoms with Crippen molar-refractivity contribution < 1.29 is 19.1 Å². The lowest BCUT2D eigenvalue weighted by molar-refractivity contribution is -0.128. The molecule has 0 saturated carbocycles. The van der Waals surface area contributed by atoms with Gasteiger partial charge in [-0.05, 0) is 12.1 Å². The predicted molar refractivity (Wildman–Crippen MR) is 97.2 cm³/mol. The Bertz CT molecular complexity index is 945. The third-order valence-corrected chi connectivity index (χ3v) is 5.67. The molecule has 1 saturated heterocycles. The van der Waals surface area contributed by atoms with Gasteiger partial charge in [-0.25, -0.2) is 0 Å². The molecule has 0 bridgehead atoms. The van der Waals surface area contributed by atoms with Gasteiger partial charge in [0.25, 0.3) is 11.8 Å². The smallest absolute Gasteiger partial charge is 0.273 e. The fourth-order valence-corrected chi connectivity index (χ4v) is 4.32. The molecule has 3 amide bonds. The van der Waals surface area contributed by atoms with Crippen LogP contribution < -0.4 is 10.2 Å². The van der Waals surface area contributed by atoms with Gasteiger partial charge in [0.05, 0.1) is 11.3 Å². The van der Waals surface area contributed by atoms with Crippen LogP contribution in [-0.4, -0.2) is 52.6 Å². The van der Waals surface area contributed by atoms with E-state index in [-0.39, 0.29) is 31.3 Å². The van der Waals surface area contributed by atoms with E-state index in [9.17, 15) is 14.4 Å². The maximum atomic E-state index is 13.3. The second kappa shape index (κ2) is 6.39. The zero-order valence-corrected chi connectivity index (χ0v) is 15.6. The molecule has 2 aliphatic rings. The molecule has 1 atom stereocenters. The van der Waals surface area contributed by atoms with Crippen LogP contribution in [0.2, 0.25) is 0 Å². The normalized spacial score (nSPS) is 21.3. The van der Waals surface area contributed by atoms with Crippen molar-refractivity contribution in [2.45, 2.75) is 25.1 Å². The summed E-state index contributed by atoms with van der Waals surface area (Å²) in [5.41, 5.74) is -0.567. The number of hydrogen-bond donors (Lipinski definition) is 1. The van der Waals surface area contributed by atoms with E-state index in [2.05, 4.69) is 15.5 Å². The number of ether oxygens (including phenoxy) is 1. The van der Waals surface area contributed by atoms with E-state index in [0.29, 0.717) is 21.4 Å². The SMILES string of the molecule is COCc1nnc(NC(=O)[C@@]23CCC(=O)N2c2ccccc2C(=O)N3C)s1. The average Bonchev–Trinajstić information content (AvgIpc) is 3.25. The largest absolute Gasteiger partial charge is 0.377 e. The van der Waals surface area contributed by atoms with Gasteiger partial charge in [-0.15, -0.1) is 10.2 Å². The molecule has 2 aliphatic heterocycles. The van der Waals surface area contributed by atoms with E-state index in [1.165, 1.54) is 21.1 Å². The highest BCUT2D eigenvalue weighted by molar-refractivity contribution is 7.15. The summed E-state index contributed by atoms with van der Waals surface area (Å²) in [6.07, 6.45) is 0.377. The summed E-state index contributed by atoms with van der Waals surface area (Å²) >= 11 is 1.18. The second-order valence-corrected chi connectivity index (χ2v) is 7.38. The van der Waals surface area contributed by atoms with Crippen LogP contribution in [0.15, 0.2) is 24.3 Å². The maximum absolute atomic E-state index is 13.3. The fraction of sp³-hybridized carbons (Fsp3) is 0.353. The number of para-hydroxylation sites is 1. The zero-order chi connectivity index (χ0) is 19.2. The van der Waals surface area contributed by atoms with Gasteiger partial charge < -0.3 is 9.64 Å². The molecule has 0 spiro atoms. The fourth-order valence-electron chi connectivity index (χ4n) is 3.61. The first-order valence-electron chi connectivity index (χ1n) is 8.32. The number of fused-ring (bicyclic) bond motifs is 3. The molecular formula is C17H17N5O4S. The molecular weight excluding hydrogens is 370 g/mol. The van der Waals surface area contributed by atoms with Crippen molar-refractivity contribution in [3.8, 4) is 0 Å². The van der Waals surface area contributed by atoms with Gasteiger partial charge in [0.2, 0.25) is 16.7 Å². The summed E-state index contributed by atoms with van der Waals surface area (Å²) in [5, 5.41) is 11.5. The van der Waals surface area contributed by atoms with Gasteiger partial charge in [-0.2, -0.15) is 0 Å². The second-order valence-electron chi connectivity index (χ2n) is 6.32. The highest BCUT2D eigenvalue weighted by Crippen LogP contribution is 2.44. The minimum absolute atomic E-state index is 0.171. The van der Waals surface area contributed by atoms with Gasteiger partial charge >= 0.3 is 0 Å². The van der Waals surface area contributed by atoms with Crippen LogP contribution in [0.4, 0.5) is 10.8 Å². The van der Waals surface area contributed by atoms with Gasteiger partial charge in [-0.1, -0.05) is 23.5 Å². The topological polar surface area (TPSA) is 105 Å². The van der Waals surface area contributed by atoms with Crippen LogP contribution in [0.5, 0.6) is 0 Å². The van der Waals surface area contributed by atoms with Crippen LogP contribution in [0, 0.1) is 0 Å². The third-order valence-electron chi connectivity index (χ3n) is 4.86. The summed E-state index contributed by atoms with van der Waals surface area (Å²) in [6, 6.07) is 6.82. The molecule has 10 heteroatoms. The number of amides is 3. The molecule has 0 aliphatic carbocycles. The maximum Gasteiger partial charge on any atom is 0.273 e. The van der Waals surface area contributed by atoms with Gasteiger partial charge in [0.15, 0.2) is 0 Å². The lowest BCUT2D eigenvalue weighted by Crippen LogP contribution is -2.68. The Morgan fingerprint density at radius 1 is 1.33 bits per heavy atom. The van der Waals surface area contributed by atoms with Crippen molar-refractivity contribution in [2.75, 3.05) is 24.4 Å². The number of carbonyl (C=O) groups excluding carboxylic acids is 3. The summed E-state index contributed by atoms with van der Waals surface area (Å²) < 4.78 is 5.00. The Hall–Kier alpha value is -2.85. The van der Waals surface area contributed by atoms with E-state index in [1.807, 2.05) is 0 Å². The van der Waals surface area contributed by atoms with Crippen LogP contribution >= 0.6 is 11.3 Å². The molecule has 140 valence electrons. The van der Waals surface area contributed by atoms with Crippen molar-refractivity contribution in [2.24, 2.45) is 0 Å². The molecule has 0 radical (unpaired) electrons. The molecule has 1 fully saturated rings. The average molecular weight is 387 g/mol. The van der Waals surface area contributed by atoms with E-state index < -0.39 is 11.6 Å². The van der Waals surface area contributed by atoms with Crippen LogP contribution in [0.3, 0.4) is 0 Å². The number of aromatic nitrogens is 2. The van der Waals surface area contributed by atoms with E-state index >= 15 is 0 Å². The van der Waals surface area contributed by atoms with E-state index in [0.717, 1.165) is 0 Å². The van der Waals surface area contributed by atoms with E-state index in [4.69, 9.17) is 4.74 Å². The Labute approximate surface area is 158 Å². The Morgan fingerprint density at radius 3 is 2.89 bits per heavy atom. The number of methoxy groups -OCH3 is 1. The first-order valence-corrected chi connectivity index (χ1v) is 9.13. The van der Waals surface area contributed by atoms with Crippen LogP contribution in [0.25, 0.3) is 0 Å². The molecule has 1 aromatic heterocycles. The van der Waals surface area contributed by atoms with Crippen molar-refractivity contribution in [1.29, 1.82) is 0 Å². The quantitative estimate of drug-likeness (QED) is 0.846. The molecule has 27 heavy (non-hydrogen) atoms. The standard InChI is InChI=1S/C17H17N5O4S/c1-21-14(24)10-5-3-4-6-11(10)22-13(23)7-8-17(21,22)15(25)18-16-20-19-12(27-16)9-26-2/h3-6H,7-9H2,1-2H3,(H,18,20,25)/t17-/m1/s1. The zero-order valence-electron chi connectivity index (χ0n) is 14.8. The first kappa shape index (κ1) is 17.6. The van der Waals surface area contributed by atoms with Gasteiger partial charge in [0, 0.05) is 27.0 Å². The Morgan fingerprint density at radius 2 is 2.11 bits per heavy atom. The molecule has 2 aromatic rings. The van der Waals surface area contributed by atoms with Crippen molar-refractivity contribution in [3.63, 3.8) is 0 Å². The highest BCUT2D eigenvalue weighted by atomic mass is 32.1. The minimum Gasteiger partial charge on any atom is -0.377 e. The Kier molecular flexibility index (Phi) is 4.16. The molecule has 3 heterocycles. The van der Waals surface area contributed by atoms with Crippen molar-refractivity contribution in [1.82, 2.24) is 15.1 Å². The number of hydrogen-bond acceptors (Lipinski definition) is 7. The highest BCUT2D eigenvalue weighted by Gasteiger charge is 2.59. The lowest BCUT2D eigenvalue weighted by atomic mass is 9.96. The van der Waals surface area contributed by atoms with Gasteiger partial charge in [0.1, 0.15) is 11.6 Å². The molecule has 1 aromatic carbocycles. The van der Waals surface area contributed by atoms with Crippen LogP contribution in [0.1, 0.15) is 28.2 Å². The van der Waals surface area contributed by atoms with Crippen molar-refractivity contribution in [3.05, 3.63) is 34.8 Å². The summed E-state index contributed by atoms with van der Waals surface area (Å²) in [7, 11) is 3.08. The monoisotopic (exact) mass is 387 g/mol. The summed E-state index contributed by atoms with van der Waals surface area (Å²) in [6.45, 7) is 0.287. The summed E-state index contributed by atoms with van der Waals surface area (Å²) in [5.74, 6) is -0.989. The lowest BCUT2D eigenvalue weighted by Gasteiger charge is -2.47.